The van der Waals surface area contributed by atoms with E-state index >= 15 is 0 Å². The molecule has 2 rings (SSSR count). The third kappa shape index (κ3) is 3.42. The molecule has 0 spiro atoms. The van der Waals surface area contributed by atoms with Gasteiger partial charge in [-0.25, -0.2) is 4.39 Å². The average molecular weight is 407 g/mol. The van der Waals surface area contributed by atoms with Gasteiger partial charge in [-0.15, -0.1) is 0 Å². The highest BCUT2D eigenvalue weighted by atomic mass is 127. The summed E-state index contributed by atoms with van der Waals surface area (Å²) in [7, 11) is 0. The van der Waals surface area contributed by atoms with Gasteiger partial charge in [0.05, 0.1) is 0 Å². The lowest BCUT2D eigenvalue weighted by Gasteiger charge is -2.07. The molecule has 0 aliphatic heterocycles. The van der Waals surface area contributed by atoms with Gasteiger partial charge in [0.15, 0.2) is 11.6 Å². The summed E-state index contributed by atoms with van der Waals surface area (Å²) in [6.07, 6.45) is 0. The first-order valence-corrected chi connectivity index (χ1v) is 7.17. The van der Waals surface area contributed by atoms with Gasteiger partial charge in [0, 0.05) is 8.90 Å². The van der Waals surface area contributed by atoms with Gasteiger partial charge in [-0.05, 0) is 58.5 Å². The summed E-state index contributed by atoms with van der Waals surface area (Å²) in [4.78, 5) is 0. The molecule has 0 atom stereocenters. The molecule has 0 aliphatic rings. The Hall–Kier alpha value is -0.620. The Labute approximate surface area is 121 Å². The largest absolute Gasteiger partial charge is 0.454 e. The van der Waals surface area contributed by atoms with Crippen LogP contribution in [0.3, 0.4) is 0 Å². The molecular weight excluding hydrogens is 398 g/mol. The molecule has 1 nitrogen and oxygen atoms in total. The summed E-state index contributed by atoms with van der Waals surface area (Å²) >= 11 is 5.47. The van der Waals surface area contributed by atoms with Crippen LogP contribution in [-0.2, 0) is 5.33 Å². The number of benzene rings is 2. The maximum Gasteiger partial charge on any atom is 0.166 e. The van der Waals surface area contributed by atoms with E-state index in [1.807, 2.05) is 24.3 Å². The van der Waals surface area contributed by atoms with Crippen molar-refractivity contribution in [3.8, 4) is 11.5 Å². The molecule has 0 amide bonds. The highest BCUT2D eigenvalue weighted by molar-refractivity contribution is 14.1. The van der Waals surface area contributed by atoms with E-state index < -0.39 is 0 Å². The Balaban J connectivity index is 2.24. The van der Waals surface area contributed by atoms with Gasteiger partial charge >= 0.3 is 0 Å². The molecule has 0 heterocycles. The van der Waals surface area contributed by atoms with E-state index in [4.69, 9.17) is 4.74 Å². The molecule has 2 aromatic carbocycles. The van der Waals surface area contributed by atoms with E-state index in [9.17, 15) is 4.39 Å². The van der Waals surface area contributed by atoms with Crippen molar-refractivity contribution < 1.29 is 9.13 Å². The van der Waals surface area contributed by atoms with Crippen molar-refractivity contribution in [3.05, 3.63) is 57.4 Å². The maximum atomic E-state index is 13.7. The van der Waals surface area contributed by atoms with Crippen LogP contribution in [0.15, 0.2) is 42.5 Å². The second-order valence-corrected chi connectivity index (χ2v) is 5.26. The fourth-order valence-corrected chi connectivity index (χ4v) is 2.23. The molecule has 88 valence electrons. The zero-order chi connectivity index (χ0) is 12.3. The van der Waals surface area contributed by atoms with Crippen molar-refractivity contribution in [2.75, 3.05) is 0 Å². The van der Waals surface area contributed by atoms with Crippen molar-refractivity contribution in [1.29, 1.82) is 0 Å². The lowest BCUT2D eigenvalue weighted by atomic mass is 10.2. The molecule has 0 fully saturated rings. The average Bonchev–Trinajstić information content (AvgIpc) is 2.32. The van der Waals surface area contributed by atoms with Crippen molar-refractivity contribution in [3.63, 3.8) is 0 Å². The van der Waals surface area contributed by atoms with Gasteiger partial charge in [0.25, 0.3) is 0 Å². The molecule has 2 aromatic rings. The highest BCUT2D eigenvalue weighted by Gasteiger charge is 2.05. The quantitative estimate of drug-likeness (QED) is 0.508. The summed E-state index contributed by atoms with van der Waals surface area (Å²) in [5, 5.41) is 0.632. The molecule has 0 bridgehead atoms. The topological polar surface area (TPSA) is 9.23 Å². The SMILES string of the molecule is Fc1cc(CBr)ccc1Oc1cccc(I)c1. The first-order valence-electron chi connectivity index (χ1n) is 4.97. The minimum atomic E-state index is -0.346. The van der Waals surface area contributed by atoms with Gasteiger partial charge in [0.2, 0.25) is 0 Å². The monoisotopic (exact) mass is 406 g/mol. The summed E-state index contributed by atoms with van der Waals surface area (Å²) < 4.78 is 20.2. The molecule has 0 N–H and O–H groups in total. The predicted molar refractivity (Wildman–Crippen MR) is 78.3 cm³/mol. The highest BCUT2D eigenvalue weighted by Crippen LogP contribution is 2.26. The van der Waals surface area contributed by atoms with Crippen LogP contribution < -0.4 is 4.74 Å². The third-order valence-corrected chi connectivity index (χ3v) is 3.49. The standard InChI is InChI=1S/C13H9BrFIO/c14-8-9-4-5-13(12(15)6-9)17-11-3-1-2-10(16)7-11/h1-7H,8H2. The summed E-state index contributed by atoms with van der Waals surface area (Å²) in [5.41, 5.74) is 0.887. The van der Waals surface area contributed by atoms with Crippen LogP contribution in [0.1, 0.15) is 5.56 Å². The summed E-state index contributed by atoms with van der Waals surface area (Å²) in [6.45, 7) is 0. The Morgan fingerprint density at radius 3 is 2.65 bits per heavy atom. The number of hydrogen-bond donors (Lipinski definition) is 0. The Morgan fingerprint density at radius 2 is 2.00 bits per heavy atom. The van der Waals surface area contributed by atoms with Crippen LogP contribution in [0.4, 0.5) is 4.39 Å². The first kappa shape index (κ1) is 12.8. The molecule has 0 aliphatic carbocycles. The maximum absolute atomic E-state index is 13.7. The van der Waals surface area contributed by atoms with Crippen LogP contribution in [0, 0.1) is 9.39 Å². The van der Waals surface area contributed by atoms with Crippen molar-refractivity contribution in [2.45, 2.75) is 5.33 Å². The molecule has 0 saturated carbocycles. The van der Waals surface area contributed by atoms with Crippen molar-refractivity contribution in [2.24, 2.45) is 0 Å². The van der Waals surface area contributed by atoms with E-state index in [0.717, 1.165) is 9.13 Å². The molecule has 0 saturated heterocycles. The lowest BCUT2D eigenvalue weighted by molar-refractivity contribution is 0.441. The fourth-order valence-electron chi connectivity index (χ4n) is 1.37. The third-order valence-electron chi connectivity index (χ3n) is 2.17. The lowest BCUT2D eigenvalue weighted by Crippen LogP contribution is -1.90. The molecule has 0 radical (unpaired) electrons. The molecule has 17 heavy (non-hydrogen) atoms. The number of ether oxygens (including phenoxy) is 1. The first-order chi connectivity index (χ1) is 8.19. The second kappa shape index (κ2) is 5.82. The summed E-state index contributed by atoms with van der Waals surface area (Å²) in [6, 6.07) is 12.4. The minimum Gasteiger partial charge on any atom is -0.454 e. The van der Waals surface area contributed by atoms with E-state index in [1.54, 1.807) is 12.1 Å². The zero-order valence-corrected chi connectivity index (χ0v) is 12.5. The van der Waals surface area contributed by atoms with Crippen LogP contribution >= 0.6 is 38.5 Å². The number of halogens is 3. The summed E-state index contributed by atoms with van der Waals surface area (Å²) in [5.74, 6) is 0.542. The van der Waals surface area contributed by atoms with E-state index in [2.05, 4.69) is 38.5 Å². The van der Waals surface area contributed by atoms with Crippen LogP contribution in [0.2, 0.25) is 0 Å². The number of rotatable bonds is 3. The van der Waals surface area contributed by atoms with Crippen molar-refractivity contribution >= 4 is 38.5 Å². The van der Waals surface area contributed by atoms with Gasteiger partial charge in [-0.2, -0.15) is 0 Å². The molecular formula is C13H9BrFIO. The van der Waals surface area contributed by atoms with Crippen LogP contribution in [-0.4, -0.2) is 0 Å². The van der Waals surface area contributed by atoms with E-state index in [1.165, 1.54) is 6.07 Å². The van der Waals surface area contributed by atoms with E-state index in [-0.39, 0.29) is 11.6 Å². The zero-order valence-electron chi connectivity index (χ0n) is 8.79. The van der Waals surface area contributed by atoms with Crippen LogP contribution in [0.5, 0.6) is 11.5 Å². The van der Waals surface area contributed by atoms with Gasteiger partial charge < -0.3 is 4.74 Å². The number of alkyl halides is 1. The van der Waals surface area contributed by atoms with Crippen LogP contribution in [0.25, 0.3) is 0 Å². The van der Waals surface area contributed by atoms with E-state index in [0.29, 0.717) is 11.1 Å². The molecule has 0 unspecified atom stereocenters. The normalized spacial score (nSPS) is 10.3. The smallest absolute Gasteiger partial charge is 0.166 e. The van der Waals surface area contributed by atoms with Gasteiger partial charge in [-0.1, -0.05) is 28.1 Å². The van der Waals surface area contributed by atoms with Crippen molar-refractivity contribution in [1.82, 2.24) is 0 Å². The Kier molecular flexibility index (Phi) is 4.39. The predicted octanol–water partition coefficient (Wildman–Crippen LogP) is 5.12. The minimum absolute atomic E-state index is 0.247. The Bertz CT molecular complexity index is 531. The second-order valence-electron chi connectivity index (χ2n) is 3.46. The van der Waals surface area contributed by atoms with Gasteiger partial charge in [-0.3, -0.25) is 0 Å². The molecule has 0 aromatic heterocycles. The number of hydrogen-bond acceptors (Lipinski definition) is 1. The molecule has 4 heteroatoms. The van der Waals surface area contributed by atoms with Gasteiger partial charge in [0.1, 0.15) is 5.75 Å². The fraction of sp³-hybridized carbons (Fsp3) is 0.0769. The Morgan fingerprint density at radius 1 is 1.18 bits per heavy atom.